The lowest BCUT2D eigenvalue weighted by Crippen LogP contribution is -2.13. The molecule has 96 valence electrons. The number of nitrogens with zero attached hydrogens (tertiary/aromatic N) is 3. The number of carbonyl (C=O) groups is 1. The number of amides is 1. The topological polar surface area (TPSA) is 107 Å². The monoisotopic (exact) mass is 275 g/mol. The molecule has 19 heavy (non-hydrogen) atoms. The molecule has 0 atom stereocenters. The van der Waals surface area contributed by atoms with Crippen molar-refractivity contribution in [1.82, 2.24) is 15.3 Å². The standard InChI is InChI=1S/C11H9N5O2S/c1-5-2-3-6-7(4-5)19-11(13-6)14-10(17)8-9(12)16-18-15-8/h2-4H,1H3,(H2,12,16)(H,13,14,17). The Hall–Kier alpha value is -2.48. The number of carbonyl (C=O) groups excluding carboxylic acids is 1. The third kappa shape index (κ3) is 2.13. The largest absolute Gasteiger partial charge is 0.379 e. The Morgan fingerprint density at radius 2 is 2.26 bits per heavy atom. The van der Waals surface area contributed by atoms with Crippen LogP contribution in [0.2, 0.25) is 0 Å². The van der Waals surface area contributed by atoms with Gasteiger partial charge in [-0.05, 0) is 34.9 Å². The molecule has 3 rings (SSSR count). The maximum atomic E-state index is 11.9. The molecule has 0 aliphatic carbocycles. The number of benzene rings is 1. The van der Waals surface area contributed by atoms with Crippen LogP contribution in [0.25, 0.3) is 10.2 Å². The van der Waals surface area contributed by atoms with Crippen LogP contribution < -0.4 is 11.1 Å². The van der Waals surface area contributed by atoms with Gasteiger partial charge < -0.3 is 5.73 Å². The van der Waals surface area contributed by atoms with Gasteiger partial charge in [-0.3, -0.25) is 10.1 Å². The summed E-state index contributed by atoms with van der Waals surface area (Å²) in [6.07, 6.45) is 0. The highest BCUT2D eigenvalue weighted by Crippen LogP contribution is 2.27. The van der Waals surface area contributed by atoms with Crippen molar-refractivity contribution in [2.45, 2.75) is 6.92 Å². The van der Waals surface area contributed by atoms with Crippen molar-refractivity contribution < 1.29 is 9.42 Å². The van der Waals surface area contributed by atoms with Crippen molar-refractivity contribution >= 4 is 38.4 Å². The van der Waals surface area contributed by atoms with Gasteiger partial charge in [0.05, 0.1) is 10.2 Å². The van der Waals surface area contributed by atoms with Crippen LogP contribution in [-0.2, 0) is 0 Å². The van der Waals surface area contributed by atoms with E-state index in [1.54, 1.807) is 0 Å². The van der Waals surface area contributed by atoms with Crippen molar-refractivity contribution in [2.75, 3.05) is 11.1 Å². The first-order valence-corrected chi connectivity index (χ1v) is 6.22. The van der Waals surface area contributed by atoms with Gasteiger partial charge in [0.1, 0.15) is 0 Å². The molecule has 1 amide bonds. The predicted molar refractivity (Wildman–Crippen MR) is 71.0 cm³/mol. The van der Waals surface area contributed by atoms with E-state index in [-0.39, 0.29) is 11.5 Å². The number of anilines is 2. The molecule has 0 bridgehead atoms. The quantitative estimate of drug-likeness (QED) is 0.738. The van der Waals surface area contributed by atoms with E-state index < -0.39 is 5.91 Å². The molecule has 0 aliphatic rings. The Bertz CT molecular complexity index is 763. The fourth-order valence-corrected chi connectivity index (χ4v) is 2.55. The van der Waals surface area contributed by atoms with E-state index in [1.165, 1.54) is 11.3 Å². The van der Waals surface area contributed by atoms with Gasteiger partial charge in [-0.1, -0.05) is 17.4 Å². The van der Waals surface area contributed by atoms with E-state index in [1.807, 2.05) is 25.1 Å². The molecule has 0 spiro atoms. The van der Waals surface area contributed by atoms with Crippen molar-refractivity contribution in [3.8, 4) is 0 Å². The summed E-state index contributed by atoms with van der Waals surface area (Å²) in [5.41, 5.74) is 7.37. The van der Waals surface area contributed by atoms with Crippen LogP contribution in [0.4, 0.5) is 10.9 Å². The molecule has 0 radical (unpaired) electrons. The normalized spacial score (nSPS) is 10.8. The molecular formula is C11H9N5O2S. The highest BCUT2D eigenvalue weighted by atomic mass is 32.1. The number of nitrogen functional groups attached to an aromatic ring is 1. The second-order valence-corrected chi connectivity index (χ2v) is 4.97. The summed E-state index contributed by atoms with van der Waals surface area (Å²) in [6.45, 7) is 2.00. The van der Waals surface area contributed by atoms with Crippen LogP contribution in [0.3, 0.4) is 0 Å². The van der Waals surface area contributed by atoms with Crippen LogP contribution in [0.15, 0.2) is 22.8 Å². The average Bonchev–Trinajstić information content (AvgIpc) is 2.94. The summed E-state index contributed by atoms with van der Waals surface area (Å²) in [7, 11) is 0. The lowest BCUT2D eigenvalue weighted by atomic mass is 10.2. The molecular weight excluding hydrogens is 266 g/mol. The highest BCUT2D eigenvalue weighted by Gasteiger charge is 2.17. The minimum atomic E-state index is -0.491. The van der Waals surface area contributed by atoms with Crippen LogP contribution in [0.5, 0.6) is 0 Å². The molecule has 0 fully saturated rings. The molecule has 1 aromatic carbocycles. The van der Waals surface area contributed by atoms with Gasteiger partial charge in [0.2, 0.25) is 11.5 Å². The van der Waals surface area contributed by atoms with Gasteiger partial charge in [-0.2, -0.15) is 0 Å². The number of aryl methyl sites for hydroxylation is 1. The lowest BCUT2D eigenvalue weighted by molar-refractivity contribution is 0.101. The number of thiazole rings is 1. The molecule has 0 saturated carbocycles. The molecule has 3 aromatic rings. The maximum absolute atomic E-state index is 11.9. The molecule has 0 unspecified atom stereocenters. The summed E-state index contributed by atoms with van der Waals surface area (Å²) in [6, 6.07) is 5.88. The number of nitrogens with one attached hydrogen (secondary N) is 1. The van der Waals surface area contributed by atoms with Crippen molar-refractivity contribution in [2.24, 2.45) is 0 Å². The van der Waals surface area contributed by atoms with Crippen LogP contribution in [-0.4, -0.2) is 21.2 Å². The van der Waals surface area contributed by atoms with E-state index in [4.69, 9.17) is 5.73 Å². The second kappa shape index (κ2) is 4.32. The molecule has 8 heteroatoms. The van der Waals surface area contributed by atoms with Crippen molar-refractivity contribution in [3.63, 3.8) is 0 Å². The predicted octanol–water partition coefficient (Wildman–Crippen LogP) is 1.82. The van der Waals surface area contributed by atoms with Crippen LogP contribution >= 0.6 is 11.3 Å². The molecule has 7 nitrogen and oxygen atoms in total. The second-order valence-electron chi connectivity index (χ2n) is 3.94. The molecule has 0 aliphatic heterocycles. The third-order valence-corrected chi connectivity index (χ3v) is 3.43. The highest BCUT2D eigenvalue weighted by molar-refractivity contribution is 7.22. The number of rotatable bonds is 2. The Morgan fingerprint density at radius 3 is 3.00 bits per heavy atom. The zero-order valence-corrected chi connectivity index (χ0v) is 10.7. The van der Waals surface area contributed by atoms with Gasteiger partial charge in [0, 0.05) is 0 Å². The smallest absolute Gasteiger partial charge is 0.283 e. The van der Waals surface area contributed by atoms with E-state index in [0.29, 0.717) is 5.13 Å². The summed E-state index contributed by atoms with van der Waals surface area (Å²) in [5.74, 6) is -0.538. The third-order valence-electron chi connectivity index (χ3n) is 2.49. The first kappa shape index (κ1) is 11.6. The van der Waals surface area contributed by atoms with E-state index in [9.17, 15) is 4.79 Å². The van der Waals surface area contributed by atoms with E-state index >= 15 is 0 Å². The number of aromatic nitrogens is 3. The van der Waals surface area contributed by atoms with Crippen molar-refractivity contribution in [3.05, 3.63) is 29.5 Å². The summed E-state index contributed by atoms with van der Waals surface area (Å²) in [4.78, 5) is 16.2. The number of hydrogen-bond donors (Lipinski definition) is 2. The molecule has 2 aromatic heterocycles. The number of nitrogens with two attached hydrogens (primary N) is 1. The zero-order chi connectivity index (χ0) is 13.4. The Labute approximate surface area is 111 Å². The summed E-state index contributed by atoms with van der Waals surface area (Å²) >= 11 is 1.38. The molecule has 3 N–H and O–H groups in total. The first-order chi connectivity index (χ1) is 9.13. The minimum Gasteiger partial charge on any atom is -0.379 e. The van der Waals surface area contributed by atoms with Gasteiger partial charge in [0.15, 0.2) is 5.13 Å². The number of fused-ring (bicyclic) bond motifs is 1. The van der Waals surface area contributed by atoms with E-state index in [2.05, 4.69) is 25.2 Å². The van der Waals surface area contributed by atoms with Crippen LogP contribution in [0.1, 0.15) is 16.1 Å². The number of hydrogen-bond acceptors (Lipinski definition) is 7. The fraction of sp³-hybridized carbons (Fsp3) is 0.0909. The molecule has 0 saturated heterocycles. The Kier molecular flexibility index (Phi) is 2.64. The van der Waals surface area contributed by atoms with Gasteiger partial charge in [0.25, 0.3) is 5.91 Å². The van der Waals surface area contributed by atoms with Gasteiger partial charge in [-0.15, -0.1) is 0 Å². The fourth-order valence-electron chi connectivity index (χ4n) is 1.59. The maximum Gasteiger partial charge on any atom is 0.283 e. The first-order valence-electron chi connectivity index (χ1n) is 5.40. The lowest BCUT2D eigenvalue weighted by Gasteiger charge is -1.96. The van der Waals surface area contributed by atoms with Crippen molar-refractivity contribution in [1.29, 1.82) is 0 Å². The summed E-state index contributed by atoms with van der Waals surface area (Å²) < 4.78 is 5.38. The van der Waals surface area contributed by atoms with Crippen LogP contribution in [0, 0.1) is 6.92 Å². The van der Waals surface area contributed by atoms with E-state index in [0.717, 1.165) is 15.8 Å². The SMILES string of the molecule is Cc1ccc2nc(NC(=O)c3nonc3N)sc2c1. The zero-order valence-electron chi connectivity index (χ0n) is 9.88. The summed E-state index contributed by atoms with van der Waals surface area (Å²) in [5, 5.41) is 9.88. The Balaban J connectivity index is 1.89. The minimum absolute atomic E-state index is 0.0459. The molecule has 2 heterocycles. The average molecular weight is 275 g/mol. The van der Waals surface area contributed by atoms with Gasteiger partial charge >= 0.3 is 0 Å². The van der Waals surface area contributed by atoms with Gasteiger partial charge in [-0.25, -0.2) is 9.61 Å². The Morgan fingerprint density at radius 1 is 1.42 bits per heavy atom.